The van der Waals surface area contributed by atoms with Crippen LogP contribution < -0.4 is 5.32 Å². The minimum atomic E-state index is -0.379. The number of nitrogens with one attached hydrogen (secondary N) is 1. The molecule has 4 aromatic rings. The molecular formula is C20H19N5O2S2. The molecule has 1 atom stereocenters. The van der Waals surface area contributed by atoms with Crippen LogP contribution in [-0.2, 0) is 11.3 Å². The lowest BCUT2D eigenvalue weighted by molar-refractivity contribution is -0.115. The van der Waals surface area contributed by atoms with Crippen molar-refractivity contribution in [3.63, 3.8) is 0 Å². The maximum Gasteiger partial charge on any atom is 0.239 e. The van der Waals surface area contributed by atoms with Gasteiger partial charge in [0.2, 0.25) is 11.7 Å². The van der Waals surface area contributed by atoms with Crippen LogP contribution in [0.15, 0.2) is 57.9 Å². The zero-order valence-corrected chi connectivity index (χ0v) is 17.6. The second kappa shape index (κ2) is 8.22. The van der Waals surface area contributed by atoms with E-state index in [-0.39, 0.29) is 11.2 Å². The number of thioether (sulfide) groups is 1. The molecule has 0 saturated heterocycles. The Bertz CT molecular complexity index is 1140. The molecule has 29 heavy (non-hydrogen) atoms. The van der Waals surface area contributed by atoms with Gasteiger partial charge in [-0.05, 0) is 26.0 Å². The average Bonchev–Trinajstić information content (AvgIpc) is 3.41. The molecule has 1 amide bonds. The zero-order chi connectivity index (χ0) is 20.4. The van der Waals surface area contributed by atoms with Crippen LogP contribution >= 0.6 is 23.1 Å². The predicted octanol–water partition coefficient (Wildman–Crippen LogP) is 4.76. The molecule has 3 aromatic heterocycles. The van der Waals surface area contributed by atoms with Crippen LogP contribution in [0.2, 0.25) is 0 Å². The van der Waals surface area contributed by atoms with E-state index in [1.54, 1.807) is 6.08 Å². The second-order valence-electron chi connectivity index (χ2n) is 6.40. The van der Waals surface area contributed by atoms with Gasteiger partial charge in [0.15, 0.2) is 16.0 Å². The number of thiazole rings is 1. The number of hydrogen-bond acceptors (Lipinski definition) is 7. The molecule has 3 heterocycles. The summed E-state index contributed by atoms with van der Waals surface area (Å²) in [5.41, 5.74) is 1.67. The fraction of sp³-hybridized carbons (Fsp3) is 0.200. The Morgan fingerprint density at radius 1 is 1.41 bits per heavy atom. The highest BCUT2D eigenvalue weighted by Crippen LogP contribution is 2.31. The SMILES string of the molecule is C=CCn1c(S[C@@H](C)C(=O)Nc2nc(C)cs2)nnc1-c1cc2ccccc2o1. The number of amides is 1. The minimum Gasteiger partial charge on any atom is -0.453 e. The van der Waals surface area contributed by atoms with E-state index in [0.717, 1.165) is 16.7 Å². The number of fused-ring (bicyclic) bond motifs is 1. The highest BCUT2D eigenvalue weighted by molar-refractivity contribution is 8.00. The Hall–Kier alpha value is -2.91. The fourth-order valence-electron chi connectivity index (χ4n) is 2.77. The van der Waals surface area contributed by atoms with Gasteiger partial charge in [0.25, 0.3) is 0 Å². The number of rotatable bonds is 7. The summed E-state index contributed by atoms with van der Waals surface area (Å²) in [4.78, 5) is 16.8. The molecule has 9 heteroatoms. The first-order chi connectivity index (χ1) is 14.0. The van der Waals surface area contributed by atoms with E-state index in [4.69, 9.17) is 4.42 Å². The van der Waals surface area contributed by atoms with E-state index in [0.29, 0.717) is 28.4 Å². The number of carbonyl (C=O) groups excluding carboxylic acids is 1. The summed E-state index contributed by atoms with van der Waals surface area (Å²) in [5, 5.41) is 15.2. The Balaban J connectivity index is 1.57. The molecule has 0 fully saturated rings. The van der Waals surface area contributed by atoms with Crippen LogP contribution in [0.1, 0.15) is 12.6 Å². The van der Waals surface area contributed by atoms with Crippen LogP contribution in [0.3, 0.4) is 0 Å². The van der Waals surface area contributed by atoms with Crippen molar-refractivity contribution in [3.05, 3.63) is 54.1 Å². The van der Waals surface area contributed by atoms with Gasteiger partial charge >= 0.3 is 0 Å². The summed E-state index contributed by atoms with van der Waals surface area (Å²) in [6, 6.07) is 9.72. The summed E-state index contributed by atoms with van der Waals surface area (Å²) in [5.74, 6) is 1.09. The first kappa shape index (κ1) is 19.4. The molecule has 1 aromatic carbocycles. The lowest BCUT2D eigenvalue weighted by atomic mass is 10.2. The van der Waals surface area contributed by atoms with Crippen molar-refractivity contribution in [2.24, 2.45) is 0 Å². The highest BCUT2D eigenvalue weighted by Gasteiger charge is 2.22. The average molecular weight is 426 g/mol. The maximum atomic E-state index is 12.5. The van der Waals surface area contributed by atoms with Crippen molar-refractivity contribution in [3.8, 4) is 11.6 Å². The quantitative estimate of drug-likeness (QED) is 0.339. The first-order valence-corrected chi connectivity index (χ1v) is 10.7. The van der Waals surface area contributed by atoms with Gasteiger partial charge in [0, 0.05) is 17.3 Å². The molecule has 4 rings (SSSR count). The molecule has 1 N–H and O–H groups in total. The molecule has 0 aliphatic heterocycles. The largest absolute Gasteiger partial charge is 0.453 e. The first-order valence-electron chi connectivity index (χ1n) is 8.98. The minimum absolute atomic E-state index is 0.136. The van der Waals surface area contributed by atoms with Crippen molar-refractivity contribution in [1.82, 2.24) is 19.7 Å². The van der Waals surface area contributed by atoms with E-state index in [1.807, 2.05) is 54.1 Å². The smallest absolute Gasteiger partial charge is 0.239 e. The van der Waals surface area contributed by atoms with Crippen LogP contribution in [0, 0.1) is 6.92 Å². The van der Waals surface area contributed by atoms with Crippen LogP contribution in [0.25, 0.3) is 22.6 Å². The summed E-state index contributed by atoms with van der Waals surface area (Å²) in [6.45, 7) is 8.04. The Morgan fingerprint density at radius 3 is 2.97 bits per heavy atom. The van der Waals surface area contributed by atoms with Crippen molar-refractivity contribution in [2.45, 2.75) is 30.8 Å². The Labute approximate surface area is 175 Å². The molecule has 0 bridgehead atoms. The van der Waals surface area contributed by atoms with E-state index in [9.17, 15) is 4.79 Å². The second-order valence-corrected chi connectivity index (χ2v) is 8.56. The van der Waals surface area contributed by atoms with E-state index in [1.165, 1.54) is 23.1 Å². The molecule has 0 aliphatic rings. The topological polar surface area (TPSA) is 85.8 Å². The number of hydrogen-bond donors (Lipinski definition) is 1. The fourth-order valence-corrected chi connectivity index (χ4v) is 4.32. The summed E-state index contributed by atoms with van der Waals surface area (Å²) in [7, 11) is 0. The van der Waals surface area contributed by atoms with Crippen LogP contribution in [0.4, 0.5) is 5.13 Å². The van der Waals surface area contributed by atoms with E-state index < -0.39 is 0 Å². The lowest BCUT2D eigenvalue weighted by Gasteiger charge is -2.11. The van der Waals surface area contributed by atoms with Crippen molar-refractivity contribution in [1.29, 1.82) is 0 Å². The van der Waals surface area contributed by atoms with Crippen LogP contribution in [-0.4, -0.2) is 30.9 Å². The van der Waals surface area contributed by atoms with Gasteiger partial charge in [-0.15, -0.1) is 28.1 Å². The van der Waals surface area contributed by atoms with Gasteiger partial charge in [-0.3, -0.25) is 9.36 Å². The zero-order valence-electron chi connectivity index (χ0n) is 16.0. The number of furan rings is 1. The number of benzene rings is 1. The highest BCUT2D eigenvalue weighted by atomic mass is 32.2. The molecule has 7 nitrogen and oxygen atoms in total. The van der Waals surface area contributed by atoms with Crippen molar-refractivity contribution in [2.75, 3.05) is 5.32 Å². The third-order valence-electron chi connectivity index (χ3n) is 4.17. The molecule has 0 radical (unpaired) electrons. The molecule has 0 spiro atoms. The van der Waals surface area contributed by atoms with Gasteiger partial charge in [0.1, 0.15) is 5.58 Å². The molecule has 0 aliphatic carbocycles. The third kappa shape index (κ3) is 4.10. The normalized spacial score (nSPS) is 12.2. The summed E-state index contributed by atoms with van der Waals surface area (Å²) in [6.07, 6.45) is 1.77. The number of carbonyl (C=O) groups is 1. The van der Waals surface area contributed by atoms with E-state index in [2.05, 4.69) is 27.1 Å². The monoisotopic (exact) mass is 425 g/mol. The van der Waals surface area contributed by atoms with Gasteiger partial charge in [-0.1, -0.05) is 36.0 Å². The molecule has 0 saturated carbocycles. The summed E-state index contributed by atoms with van der Waals surface area (Å²) < 4.78 is 7.83. The van der Waals surface area contributed by atoms with E-state index >= 15 is 0 Å². The number of allylic oxidation sites excluding steroid dienone is 1. The van der Waals surface area contributed by atoms with Crippen LogP contribution in [0.5, 0.6) is 0 Å². The molecular weight excluding hydrogens is 406 g/mol. The van der Waals surface area contributed by atoms with Crippen molar-refractivity contribution < 1.29 is 9.21 Å². The molecule has 148 valence electrons. The van der Waals surface area contributed by atoms with Gasteiger partial charge < -0.3 is 9.73 Å². The number of para-hydroxylation sites is 1. The molecule has 0 unspecified atom stereocenters. The maximum absolute atomic E-state index is 12.5. The summed E-state index contributed by atoms with van der Waals surface area (Å²) >= 11 is 2.74. The Morgan fingerprint density at radius 2 is 2.24 bits per heavy atom. The third-order valence-corrected chi connectivity index (χ3v) is 6.13. The number of aryl methyl sites for hydroxylation is 1. The number of anilines is 1. The Kier molecular flexibility index (Phi) is 5.50. The standard InChI is InChI=1S/C20H19N5O2S2/c1-4-9-25-17(16-10-14-7-5-6-8-15(14)27-16)23-24-20(25)29-13(3)18(26)22-19-21-12(2)11-28-19/h4-8,10-11,13H,1,9H2,2-3H3,(H,21,22,26)/t13-/m0/s1. The van der Waals surface area contributed by atoms with Crippen molar-refractivity contribution >= 4 is 45.1 Å². The number of aromatic nitrogens is 4. The predicted molar refractivity (Wildman–Crippen MR) is 116 cm³/mol. The number of nitrogens with zero attached hydrogens (tertiary/aromatic N) is 4. The van der Waals surface area contributed by atoms with Gasteiger partial charge in [-0.2, -0.15) is 0 Å². The van der Waals surface area contributed by atoms with Gasteiger partial charge in [0.05, 0.1) is 10.9 Å². The van der Waals surface area contributed by atoms with Gasteiger partial charge in [-0.25, -0.2) is 4.98 Å². The lowest BCUT2D eigenvalue weighted by Crippen LogP contribution is -2.22.